The highest BCUT2D eigenvalue weighted by Gasteiger charge is 2.15. The van der Waals surface area contributed by atoms with Crippen molar-refractivity contribution >= 4 is 29.2 Å². The van der Waals surface area contributed by atoms with Crippen LogP contribution in [0.5, 0.6) is 0 Å². The van der Waals surface area contributed by atoms with Crippen molar-refractivity contribution in [2.75, 3.05) is 0 Å². The first-order valence-corrected chi connectivity index (χ1v) is 9.09. The number of thiazole rings is 1. The highest BCUT2D eigenvalue weighted by molar-refractivity contribution is 7.73. The number of benzene rings is 1. The van der Waals surface area contributed by atoms with E-state index in [0.717, 1.165) is 33.1 Å². The van der Waals surface area contributed by atoms with Crippen LogP contribution in [-0.2, 0) is 6.54 Å². The maximum Gasteiger partial charge on any atom is 0.161 e. The van der Waals surface area contributed by atoms with Crippen LogP contribution in [0.15, 0.2) is 54.2 Å². The molecule has 3 aromatic heterocycles. The Labute approximate surface area is 149 Å². The molecule has 0 N–H and O–H groups in total. The second-order valence-corrected chi connectivity index (χ2v) is 7.54. The lowest BCUT2D eigenvalue weighted by molar-refractivity contribution is 0.768. The van der Waals surface area contributed by atoms with Crippen LogP contribution in [0.3, 0.4) is 0 Å². The van der Waals surface area contributed by atoms with Crippen LogP contribution in [-0.4, -0.2) is 14.0 Å². The number of aryl methyl sites for hydroxylation is 2. The predicted octanol–water partition coefficient (Wildman–Crippen LogP) is 5.26. The topological polar surface area (TPSA) is 22.2 Å². The van der Waals surface area contributed by atoms with E-state index in [2.05, 4.69) is 65.4 Å². The van der Waals surface area contributed by atoms with E-state index >= 15 is 0 Å². The average molecular weight is 352 g/mol. The van der Waals surface area contributed by atoms with Crippen LogP contribution in [0.25, 0.3) is 16.9 Å². The minimum Gasteiger partial charge on any atom is -0.324 e. The van der Waals surface area contributed by atoms with E-state index in [-0.39, 0.29) is 0 Å². The van der Waals surface area contributed by atoms with Crippen molar-refractivity contribution < 1.29 is 0 Å². The summed E-state index contributed by atoms with van der Waals surface area (Å²) in [5.41, 5.74) is 6.75. The molecule has 4 aromatic rings. The highest BCUT2D eigenvalue weighted by atomic mass is 32.1. The Morgan fingerprint density at radius 1 is 1.04 bits per heavy atom. The molecule has 0 radical (unpaired) electrons. The maximum atomic E-state index is 5.44. The van der Waals surface area contributed by atoms with Crippen LogP contribution >= 0.6 is 23.6 Å². The smallest absolute Gasteiger partial charge is 0.161 e. The molecule has 0 aliphatic rings. The molecule has 5 heteroatoms. The van der Waals surface area contributed by atoms with Gasteiger partial charge in [0.1, 0.15) is 5.65 Å². The van der Waals surface area contributed by atoms with Crippen molar-refractivity contribution in [2.45, 2.75) is 20.4 Å². The fourth-order valence-electron chi connectivity index (χ4n) is 2.86. The second kappa shape index (κ2) is 6.00. The van der Waals surface area contributed by atoms with Gasteiger partial charge in [-0.3, -0.25) is 0 Å². The molecule has 24 heavy (non-hydrogen) atoms. The number of imidazole rings is 1. The van der Waals surface area contributed by atoms with E-state index in [9.17, 15) is 0 Å². The van der Waals surface area contributed by atoms with Crippen LogP contribution in [0, 0.1) is 17.8 Å². The monoisotopic (exact) mass is 351 g/mol. The number of rotatable bonds is 3. The third-order valence-electron chi connectivity index (χ3n) is 4.15. The molecule has 0 spiro atoms. The highest BCUT2D eigenvalue weighted by Crippen LogP contribution is 2.26. The first-order chi connectivity index (χ1) is 11.6. The van der Waals surface area contributed by atoms with Crippen molar-refractivity contribution in [2.24, 2.45) is 0 Å². The summed E-state index contributed by atoms with van der Waals surface area (Å²) in [5.74, 6) is 0. The molecule has 4 rings (SSSR count). The summed E-state index contributed by atoms with van der Waals surface area (Å²) in [7, 11) is 0. The number of hydrogen-bond acceptors (Lipinski definition) is 3. The fourth-order valence-corrected chi connectivity index (χ4v) is 3.74. The first-order valence-electron chi connectivity index (χ1n) is 7.80. The van der Waals surface area contributed by atoms with E-state index in [1.165, 1.54) is 11.1 Å². The molecule has 0 saturated carbocycles. The van der Waals surface area contributed by atoms with Gasteiger partial charge >= 0.3 is 0 Å². The Morgan fingerprint density at radius 3 is 2.50 bits per heavy atom. The van der Waals surface area contributed by atoms with Gasteiger partial charge in [0.05, 0.1) is 17.9 Å². The Morgan fingerprint density at radius 2 is 1.79 bits per heavy atom. The molecule has 120 valence electrons. The molecule has 3 heterocycles. The minimum absolute atomic E-state index is 0.718. The van der Waals surface area contributed by atoms with Crippen molar-refractivity contribution in [1.82, 2.24) is 14.0 Å². The van der Waals surface area contributed by atoms with Crippen LogP contribution in [0.4, 0.5) is 0 Å². The van der Waals surface area contributed by atoms with Gasteiger partial charge in [0.25, 0.3) is 0 Å². The van der Waals surface area contributed by atoms with Gasteiger partial charge < -0.3 is 8.97 Å². The normalized spacial score (nSPS) is 11.2. The molecular formula is C19H17N3S2. The van der Waals surface area contributed by atoms with E-state index in [1.54, 1.807) is 11.3 Å². The number of fused-ring (bicyclic) bond motifs is 1. The lowest BCUT2D eigenvalue weighted by atomic mass is 10.1. The predicted molar refractivity (Wildman–Crippen MR) is 102 cm³/mol. The summed E-state index contributed by atoms with van der Waals surface area (Å²) >= 11 is 7.02. The lowest BCUT2D eigenvalue weighted by Gasteiger charge is -2.07. The summed E-state index contributed by atoms with van der Waals surface area (Å²) in [6.07, 6.45) is 4.19. The fraction of sp³-hybridized carbons (Fsp3) is 0.158. The Bertz CT molecular complexity index is 1070. The van der Waals surface area contributed by atoms with Gasteiger partial charge in [0.2, 0.25) is 0 Å². The molecule has 3 nitrogen and oxygen atoms in total. The molecule has 0 fully saturated rings. The Balaban J connectivity index is 1.95. The zero-order valence-electron chi connectivity index (χ0n) is 13.6. The largest absolute Gasteiger partial charge is 0.324 e. The van der Waals surface area contributed by atoms with E-state index in [0.29, 0.717) is 0 Å². The SMILES string of the molecule is Cc1ccc(-c2nc3ccc(C)cn3c2Cn2ccsc2=S)cc1. The van der Waals surface area contributed by atoms with Gasteiger partial charge in [-0.15, -0.1) is 11.3 Å². The van der Waals surface area contributed by atoms with Crippen molar-refractivity contribution in [3.63, 3.8) is 0 Å². The molecule has 0 saturated heterocycles. The summed E-state index contributed by atoms with van der Waals surface area (Å²) < 4.78 is 5.17. The van der Waals surface area contributed by atoms with Gasteiger partial charge in [0.15, 0.2) is 3.95 Å². The van der Waals surface area contributed by atoms with Gasteiger partial charge in [-0.05, 0) is 37.7 Å². The van der Waals surface area contributed by atoms with Crippen molar-refractivity contribution in [3.8, 4) is 11.3 Å². The molecule has 0 aliphatic carbocycles. The molecule has 0 amide bonds. The van der Waals surface area contributed by atoms with Crippen LogP contribution in [0.1, 0.15) is 16.8 Å². The first kappa shape index (κ1) is 15.3. The lowest BCUT2D eigenvalue weighted by Crippen LogP contribution is -2.03. The summed E-state index contributed by atoms with van der Waals surface area (Å²) in [4.78, 5) is 4.88. The van der Waals surface area contributed by atoms with Gasteiger partial charge in [-0.1, -0.05) is 35.9 Å². The van der Waals surface area contributed by atoms with E-state index < -0.39 is 0 Å². The molecule has 1 aromatic carbocycles. The summed E-state index contributed by atoms with van der Waals surface area (Å²) in [5, 5.41) is 2.03. The zero-order valence-corrected chi connectivity index (χ0v) is 15.2. The quantitative estimate of drug-likeness (QED) is 0.470. The van der Waals surface area contributed by atoms with E-state index in [1.807, 2.05) is 11.6 Å². The van der Waals surface area contributed by atoms with Crippen LogP contribution in [0.2, 0.25) is 0 Å². The number of aromatic nitrogens is 3. The number of hydrogen-bond donors (Lipinski definition) is 0. The van der Waals surface area contributed by atoms with Gasteiger partial charge in [-0.2, -0.15) is 0 Å². The van der Waals surface area contributed by atoms with Crippen molar-refractivity contribution in [3.05, 3.63) is 74.9 Å². The molecule has 0 bridgehead atoms. The minimum atomic E-state index is 0.718. The van der Waals surface area contributed by atoms with Crippen molar-refractivity contribution in [1.29, 1.82) is 0 Å². The standard InChI is InChI=1S/C19H17N3S2/c1-13-3-6-15(7-4-13)18-16(12-21-9-10-24-19(21)23)22-11-14(2)5-8-17(22)20-18/h3-11H,12H2,1-2H3. The Kier molecular flexibility index (Phi) is 3.82. The van der Waals surface area contributed by atoms with Gasteiger partial charge in [0, 0.05) is 23.3 Å². The molecule has 0 unspecified atom stereocenters. The summed E-state index contributed by atoms with van der Waals surface area (Å²) in [6, 6.07) is 12.7. The third-order valence-corrected chi connectivity index (χ3v) is 5.37. The maximum absolute atomic E-state index is 5.44. The molecule has 0 atom stereocenters. The molecule has 0 aliphatic heterocycles. The van der Waals surface area contributed by atoms with Crippen LogP contribution < -0.4 is 0 Å². The molecular weight excluding hydrogens is 334 g/mol. The second-order valence-electron chi connectivity index (χ2n) is 6.00. The van der Waals surface area contributed by atoms with E-state index in [4.69, 9.17) is 17.2 Å². The zero-order chi connectivity index (χ0) is 16.7. The average Bonchev–Trinajstić information content (AvgIpc) is 3.13. The van der Waals surface area contributed by atoms with Gasteiger partial charge in [-0.25, -0.2) is 4.98 Å². The third kappa shape index (κ3) is 2.70. The Hall–Kier alpha value is -2.24. The summed E-state index contributed by atoms with van der Waals surface area (Å²) in [6.45, 7) is 4.92. The number of nitrogens with zero attached hydrogens (tertiary/aromatic N) is 3. The number of pyridine rings is 1.